The summed E-state index contributed by atoms with van der Waals surface area (Å²) in [5, 5.41) is 6.08. The normalized spacial score (nSPS) is 25.2. The maximum absolute atomic E-state index is 14.2. The molecule has 1 amide bonds. The molecule has 2 unspecified atom stereocenters. The fourth-order valence-corrected chi connectivity index (χ4v) is 3.22. The number of hydrogen-bond acceptors (Lipinski definition) is 3. The third-order valence-corrected chi connectivity index (χ3v) is 4.39. The van der Waals surface area contributed by atoms with Gasteiger partial charge in [0.15, 0.2) is 0 Å². The fourth-order valence-electron chi connectivity index (χ4n) is 3.22. The van der Waals surface area contributed by atoms with E-state index in [4.69, 9.17) is 5.73 Å². The summed E-state index contributed by atoms with van der Waals surface area (Å²) in [7, 11) is 0. The predicted molar refractivity (Wildman–Crippen MR) is 77.2 cm³/mol. The van der Waals surface area contributed by atoms with Crippen LogP contribution in [0.2, 0.25) is 0 Å². The molecule has 0 spiro atoms. The minimum absolute atomic E-state index is 0.00393. The Morgan fingerprint density at radius 1 is 1.35 bits per heavy atom. The van der Waals surface area contributed by atoms with Gasteiger partial charge in [0, 0.05) is 18.2 Å². The summed E-state index contributed by atoms with van der Waals surface area (Å²) >= 11 is 0. The van der Waals surface area contributed by atoms with Gasteiger partial charge >= 0.3 is 0 Å². The van der Waals surface area contributed by atoms with E-state index in [9.17, 15) is 9.18 Å². The number of carbonyl (C=O) groups excluding carboxylic acids is 1. The second-order valence-corrected chi connectivity index (χ2v) is 5.71. The van der Waals surface area contributed by atoms with E-state index in [0.29, 0.717) is 31.0 Å². The number of hydrogen-bond donors (Lipinski definition) is 3. The van der Waals surface area contributed by atoms with Crippen LogP contribution in [0.3, 0.4) is 0 Å². The minimum atomic E-state index is -0.248. The van der Waals surface area contributed by atoms with E-state index in [1.165, 1.54) is 6.07 Å². The lowest BCUT2D eigenvalue weighted by Gasteiger charge is -2.23. The lowest BCUT2D eigenvalue weighted by molar-refractivity contribution is -0.116. The molecule has 1 aromatic rings. The molecule has 0 saturated heterocycles. The van der Waals surface area contributed by atoms with Crippen molar-refractivity contribution in [3.63, 3.8) is 0 Å². The van der Waals surface area contributed by atoms with Crippen molar-refractivity contribution in [1.82, 2.24) is 0 Å². The van der Waals surface area contributed by atoms with Crippen LogP contribution < -0.4 is 16.4 Å². The zero-order valence-electron chi connectivity index (χ0n) is 11.4. The highest BCUT2D eigenvalue weighted by Crippen LogP contribution is 2.32. The summed E-state index contributed by atoms with van der Waals surface area (Å²) in [5.74, 6) is 0.151. The average molecular weight is 277 g/mol. The van der Waals surface area contributed by atoms with E-state index in [1.807, 2.05) is 0 Å². The van der Waals surface area contributed by atoms with Gasteiger partial charge in [-0.25, -0.2) is 4.39 Å². The van der Waals surface area contributed by atoms with Crippen molar-refractivity contribution in [1.29, 1.82) is 0 Å². The lowest BCUT2D eigenvalue weighted by Crippen LogP contribution is -2.30. The van der Waals surface area contributed by atoms with Gasteiger partial charge in [0.25, 0.3) is 0 Å². The number of anilines is 2. The Hall–Kier alpha value is -1.62. The standard InChI is InChI=1S/C15H20FN3O/c16-11-6-9-4-5-15(20)19-13(9)7-14(11)18-12-3-1-2-10(12)8-17/h6-7,10,12,18H,1-5,8,17H2,(H,19,20). The van der Waals surface area contributed by atoms with Gasteiger partial charge in [-0.3, -0.25) is 4.79 Å². The summed E-state index contributed by atoms with van der Waals surface area (Å²) in [6.07, 6.45) is 4.27. The topological polar surface area (TPSA) is 67.1 Å². The van der Waals surface area contributed by atoms with E-state index in [-0.39, 0.29) is 17.8 Å². The molecular formula is C15H20FN3O. The molecule has 1 saturated carbocycles. The van der Waals surface area contributed by atoms with E-state index >= 15 is 0 Å². The van der Waals surface area contributed by atoms with Crippen LogP contribution in [0.15, 0.2) is 12.1 Å². The Kier molecular flexibility index (Phi) is 3.61. The van der Waals surface area contributed by atoms with Crippen molar-refractivity contribution in [3.05, 3.63) is 23.5 Å². The minimum Gasteiger partial charge on any atom is -0.380 e. The van der Waals surface area contributed by atoms with Crippen LogP contribution in [0, 0.1) is 11.7 Å². The molecule has 1 aromatic carbocycles. The van der Waals surface area contributed by atoms with Crippen molar-refractivity contribution in [3.8, 4) is 0 Å². The molecule has 0 aromatic heterocycles. The molecule has 2 atom stereocenters. The van der Waals surface area contributed by atoms with Gasteiger partial charge in [-0.1, -0.05) is 6.42 Å². The summed E-state index contributed by atoms with van der Waals surface area (Å²) in [6.45, 7) is 0.626. The smallest absolute Gasteiger partial charge is 0.224 e. The molecule has 108 valence electrons. The van der Waals surface area contributed by atoms with E-state index < -0.39 is 0 Å². The summed E-state index contributed by atoms with van der Waals surface area (Å²) in [5.41, 5.74) is 7.82. The third-order valence-electron chi connectivity index (χ3n) is 4.39. The Labute approximate surface area is 117 Å². The Balaban J connectivity index is 1.83. The summed E-state index contributed by atoms with van der Waals surface area (Å²) < 4.78 is 14.2. The SMILES string of the molecule is NCC1CCCC1Nc1cc2c(cc1F)CCC(=O)N2. The maximum atomic E-state index is 14.2. The van der Waals surface area contributed by atoms with Gasteiger partial charge in [0.2, 0.25) is 5.91 Å². The lowest BCUT2D eigenvalue weighted by atomic mass is 10.0. The van der Waals surface area contributed by atoms with E-state index in [0.717, 1.165) is 30.5 Å². The number of halogens is 1. The zero-order valence-corrected chi connectivity index (χ0v) is 11.4. The van der Waals surface area contributed by atoms with Gasteiger partial charge in [-0.2, -0.15) is 0 Å². The number of fused-ring (bicyclic) bond motifs is 1. The van der Waals surface area contributed by atoms with Crippen LogP contribution in [0.5, 0.6) is 0 Å². The first kappa shape index (κ1) is 13.4. The quantitative estimate of drug-likeness (QED) is 0.794. The van der Waals surface area contributed by atoms with E-state index in [2.05, 4.69) is 10.6 Å². The number of aryl methyl sites for hydroxylation is 1. The van der Waals surface area contributed by atoms with Gasteiger partial charge < -0.3 is 16.4 Å². The molecule has 1 heterocycles. The summed E-state index contributed by atoms with van der Waals surface area (Å²) in [4.78, 5) is 11.4. The van der Waals surface area contributed by atoms with Crippen LogP contribution in [-0.2, 0) is 11.2 Å². The van der Waals surface area contributed by atoms with Crippen LogP contribution in [0.4, 0.5) is 15.8 Å². The van der Waals surface area contributed by atoms with Gasteiger partial charge in [0.05, 0.1) is 5.69 Å². The molecule has 5 heteroatoms. The number of amides is 1. The van der Waals surface area contributed by atoms with Gasteiger partial charge in [0.1, 0.15) is 5.82 Å². The molecular weight excluding hydrogens is 257 g/mol. The molecule has 0 bridgehead atoms. The fraction of sp³-hybridized carbons (Fsp3) is 0.533. The van der Waals surface area contributed by atoms with Crippen LogP contribution in [0.25, 0.3) is 0 Å². The Morgan fingerprint density at radius 2 is 2.20 bits per heavy atom. The van der Waals surface area contributed by atoms with Crippen LogP contribution in [-0.4, -0.2) is 18.5 Å². The highest BCUT2D eigenvalue weighted by molar-refractivity contribution is 5.94. The highest BCUT2D eigenvalue weighted by atomic mass is 19.1. The van der Waals surface area contributed by atoms with Crippen molar-refractivity contribution < 1.29 is 9.18 Å². The molecule has 4 N–H and O–H groups in total. The molecule has 4 nitrogen and oxygen atoms in total. The first-order valence-electron chi connectivity index (χ1n) is 7.26. The molecule has 3 rings (SSSR count). The number of rotatable bonds is 3. The van der Waals surface area contributed by atoms with Crippen molar-refractivity contribution >= 4 is 17.3 Å². The largest absolute Gasteiger partial charge is 0.380 e. The highest BCUT2D eigenvalue weighted by Gasteiger charge is 2.27. The Morgan fingerprint density at radius 3 is 3.00 bits per heavy atom. The van der Waals surface area contributed by atoms with E-state index in [1.54, 1.807) is 6.07 Å². The number of benzene rings is 1. The monoisotopic (exact) mass is 277 g/mol. The van der Waals surface area contributed by atoms with Crippen molar-refractivity contribution in [2.75, 3.05) is 17.2 Å². The number of carbonyl (C=O) groups is 1. The average Bonchev–Trinajstić information content (AvgIpc) is 2.87. The first-order valence-corrected chi connectivity index (χ1v) is 7.26. The first-order chi connectivity index (χ1) is 9.67. The molecule has 0 radical (unpaired) electrons. The third kappa shape index (κ3) is 2.50. The summed E-state index contributed by atoms with van der Waals surface area (Å²) in [6, 6.07) is 3.48. The van der Waals surface area contributed by atoms with Crippen LogP contribution in [0.1, 0.15) is 31.2 Å². The number of nitrogens with one attached hydrogen (secondary N) is 2. The second-order valence-electron chi connectivity index (χ2n) is 5.71. The van der Waals surface area contributed by atoms with Crippen molar-refractivity contribution in [2.45, 2.75) is 38.1 Å². The van der Waals surface area contributed by atoms with Crippen molar-refractivity contribution in [2.24, 2.45) is 11.7 Å². The second kappa shape index (κ2) is 5.40. The Bertz CT molecular complexity index is 532. The van der Waals surface area contributed by atoms with Gasteiger partial charge in [-0.15, -0.1) is 0 Å². The molecule has 1 fully saturated rings. The molecule has 2 aliphatic rings. The molecule has 1 aliphatic carbocycles. The van der Waals surface area contributed by atoms with Gasteiger partial charge in [-0.05, 0) is 49.4 Å². The molecule has 20 heavy (non-hydrogen) atoms. The van der Waals surface area contributed by atoms with Crippen LogP contribution >= 0.6 is 0 Å². The maximum Gasteiger partial charge on any atom is 0.224 e. The predicted octanol–water partition coefficient (Wildman–Crippen LogP) is 2.25. The molecule has 1 aliphatic heterocycles. The zero-order chi connectivity index (χ0) is 14.1. The number of nitrogens with two attached hydrogens (primary N) is 1.